The average molecular weight is 258 g/mol. The van der Waals surface area contributed by atoms with Crippen LogP contribution in [0.4, 0.5) is 0 Å². The van der Waals surface area contributed by atoms with Gasteiger partial charge in [-0.1, -0.05) is 13.3 Å². The van der Waals surface area contributed by atoms with Gasteiger partial charge in [0, 0.05) is 18.8 Å². The molecule has 17 heavy (non-hydrogen) atoms. The summed E-state index contributed by atoms with van der Waals surface area (Å²) in [5.41, 5.74) is -0.268. The minimum atomic E-state index is -0.268. The van der Waals surface area contributed by atoms with Gasteiger partial charge in [0.15, 0.2) is 0 Å². The maximum atomic E-state index is 12.6. The molecule has 0 saturated carbocycles. The van der Waals surface area contributed by atoms with Gasteiger partial charge in [0.1, 0.15) is 0 Å². The minimum Gasteiger partial charge on any atom is -0.341 e. The number of thioether (sulfide) groups is 1. The molecule has 0 aromatic carbocycles. The Morgan fingerprint density at radius 2 is 2.29 bits per heavy atom. The van der Waals surface area contributed by atoms with Gasteiger partial charge in [0.05, 0.1) is 5.54 Å². The second kappa shape index (κ2) is 6.64. The summed E-state index contributed by atoms with van der Waals surface area (Å²) in [5.74, 6) is 1.29. The standard InChI is InChI=1S/C13H26N2OS/c1-5-7-13(8-6-9-14-13)12(16)15(3)11(2)10-17-4/h11,14H,5-10H2,1-4H3. The first-order chi connectivity index (χ1) is 8.07. The minimum absolute atomic E-state index is 0.268. The quantitative estimate of drug-likeness (QED) is 0.792. The van der Waals surface area contributed by atoms with E-state index in [1.165, 1.54) is 0 Å². The Morgan fingerprint density at radius 3 is 2.76 bits per heavy atom. The second-order valence-corrected chi connectivity index (χ2v) is 5.99. The molecule has 0 spiro atoms. The van der Waals surface area contributed by atoms with Crippen molar-refractivity contribution in [3.8, 4) is 0 Å². The van der Waals surface area contributed by atoms with Crippen LogP contribution >= 0.6 is 11.8 Å². The van der Waals surface area contributed by atoms with Gasteiger partial charge < -0.3 is 10.2 Å². The number of carbonyl (C=O) groups is 1. The van der Waals surface area contributed by atoms with Gasteiger partial charge in [0.25, 0.3) is 0 Å². The van der Waals surface area contributed by atoms with Crippen molar-refractivity contribution in [1.82, 2.24) is 10.2 Å². The van der Waals surface area contributed by atoms with Crippen LogP contribution in [-0.2, 0) is 4.79 Å². The van der Waals surface area contributed by atoms with Crippen LogP contribution in [0.2, 0.25) is 0 Å². The highest BCUT2D eigenvalue weighted by Gasteiger charge is 2.42. The molecule has 0 aromatic rings. The third kappa shape index (κ3) is 3.38. The molecule has 2 atom stereocenters. The molecular formula is C13H26N2OS. The van der Waals surface area contributed by atoms with Crippen LogP contribution in [-0.4, -0.2) is 48.0 Å². The fourth-order valence-corrected chi connectivity index (χ4v) is 3.33. The van der Waals surface area contributed by atoms with Crippen LogP contribution in [0.3, 0.4) is 0 Å². The molecule has 0 aromatic heterocycles. The average Bonchev–Trinajstić information content (AvgIpc) is 2.77. The van der Waals surface area contributed by atoms with Crippen molar-refractivity contribution in [3.63, 3.8) is 0 Å². The zero-order chi connectivity index (χ0) is 12.9. The molecule has 4 heteroatoms. The molecule has 0 aliphatic carbocycles. The summed E-state index contributed by atoms with van der Waals surface area (Å²) in [6.45, 7) is 5.26. The number of amides is 1. The maximum Gasteiger partial charge on any atom is 0.242 e. The summed E-state index contributed by atoms with van der Waals surface area (Å²) in [7, 11) is 1.95. The molecule has 0 bridgehead atoms. The molecule has 1 aliphatic heterocycles. The van der Waals surface area contributed by atoms with E-state index < -0.39 is 0 Å². The van der Waals surface area contributed by atoms with Crippen molar-refractivity contribution in [2.45, 2.75) is 51.1 Å². The predicted molar refractivity (Wildman–Crippen MR) is 75.5 cm³/mol. The van der Waals surface area contributed by atoms with Gasteiger partial charge in [-0.15, -0.1) is 0 Å². The molecule has 3 nitrogen and oxygen atoms in total. The van der Waals surface area contributed by atoms with E-state index in [-0.39, 0.29) is 5.54 Å². The zero-order valence-corrected chi connectivity index (χ0v) is 12.4. The second-order valence-electron chi connectivity index (χ2n) is 5.08. The van der Waals surface area contributed by atoms with Crippen molar-refractivity contribution >= 4 is 17.7 Å². The first-order valence-corrected chi connectivity index (χ1v) is 7.98. The summed E-state index contributed by atoms with van der Waals surface area (Å²) in [6.07, 6.45) is 6.22. The first-order valence-electron chi connectivity index (χ1n) is 6.58. The Morgan fingerprint density at radius 1 is 1.59 bits per heavy atom. The third-order valence-corrected chi connectivity index (χ3v) is 4.53. The zero-order valence-electron chi connectivity index (χ0n) is 11.6. The molecule has 1 aliphatic rings. The molecule has 0 radical (unpaired) electrons. The normalized spacial score (nSPS) is 25.9. The van der Waals surface area contributed by atoms with Crippen molar-refractivity contribution in [2.24, 2.45) is 0 Å². The van der Waals surface area contributed by atoms with E-state index in [0.29, 0.717) is 11.9 Å². The van der Waals surface area contributed by atoms with Crippen LogP contribution in [0, 0.1) is 0 Å². The Balaban J connectivity index is 2.70. The highest BCUT2D eigenvalue weighted by atomic mass is 32.2. The summed E-state index contributed by atoms with van der Waals surface area (Å²) >= 11 is 1.80. The number of likely N-dealkylation sites (N-methyl/N-ethyl adjacent to an activating group) is 1. The van der Waals surface area contributed by atoms with E-state index in [2.05, 4.69) is 25.4 Å². The van der Waals surface area contributed by atoms with E-state index in [9.17, 15) is 4.79 Å². The van der Waals surface area contributed by atoms with Crippen LogP contribution in [0.15, 0.2) is 0 Å². The smallest absolute Gasteiger partial charge is 0.242 e. The van der Waals surface area contributed by atoms with Crippen molar-refractivity contribution in [3.05, 3.63) is 0 Å². The van der Waals surface area contributed by atoms with Gasteiger partial charge in [-0.05, 0) is 39.0 Å². The van der Waals surface area contributed by atoms with Crippen LogP contribution in [0.25, 0.3) is 0 Å². The number of nitrogens with one attached hydrogen (secondary N) is 1. The van der Waals surface area contributed by atoms with Crippen molar-refractivity contribution in [1.29, 1.82) is 0 Å². The van der Waals surface area contributed by atoms with E-state index >= 15 is 0 Å². The molecule has 1 rings (SSSR count). The SMILES string of the molecule is CCCC1(C(=O)N(C)C(C)CSC)CCCN1. The number of nitrogens with zero attached hydrogens (tertiary/aromatic N) is 1. The summed E-state index contributed by atoms with van der Waals surface area (Å²) < 4.78 is 0. The lowest BCUT2D eigenvalue weighted by atomic mass is 9.90. The van der Waals surface area contributed by atoms with E-state index in [1.807, 2.05) is 11.9 Å². The van der Waals surface area contributed by atoms with Gasteiger partial charge in [-0.25, -0.2) is 0 Å². The number of rotatable bonds is 6. The summed E-state index contributed by atoms with van der Waals surface area (Å²) in [6, 6.07) is 0.314. The predicted octanol–water partition coefficient (Wildman–Crippen LogP) is 2.12. The maximum absolute atomic E-state index is 12.6. The fourth-order valence-electron chi connectivity index (χ4n) is 2.63. The van der Waals surface area contributed by atoms with Crippen LogP contribution in [0.5, 0.6) is 0 Å². The van der Waals surface area contributed by atoms with Gasteiger partial charge in [-0.3, -0.25) is 4.79 Å². The summed E-state index contributed by atoms with van der Waals surface area (Å²) in [5, 5.41) is 3.45. The highest BCUT2D eigenvalue weighted by Crippen LogP contribution is 2.27. The molecule has 2 unspecified atom stereocenters. The number of hydrogen-bond acceptors (Lipinski definition) is 3. The van der Waals surface area contributed by atoms with Crippen LogP contribution < -0.4 is 5.32 Å². The lowest BCUT2D eigenvalue weighted by Crippen LogP contribution is -2.56. The van der Waals surface area contributed by atoms with E-state index in [1.54, 1.807) is 11.8 Å². The number of hydrogen-bond donors (Lipinski definition) is 1. The lowest BCUT2D eigenvalue weighted by Gasteiger charge is -2.35. The molecule has 100 valence electrons. The molecule has 1 heterocycles. The largest absolute Gasteiger partial charge is 0.341 e. The third-order valence-electron chi connectivity index (χ3n) is 3.72. The van der Waals surface area contributed by atoms with Crippen molar-refractivity contribution < 1.29 is 4.79 Å². The number of carbonyl (C=O) groups excluding carboxylic acids is 1. The van der Waals surface area contributed by atoms with Crippen LogP contribution in [0.1, 0.15) is 39.5 Å². The molecule has 1 fully saturated rings. The lowest BCUT2D eigenvalue weighted by molar-refractivity contribution is -0.138. The summed E-state index contributed by atoms with van der Waals surface area (Å²) in [4.78, 5) is 14.6. The topological polar surface area (TPSA) is 32.3 Å². The fraction of sp³-hybridized carbons (Fsp3) is 0.923. The highest BCUT2D eigenvalue weighted by molar-refractivity contribution is 7.98. The van der Waals surface area contributed by atoms with Crippen molar-refractivity contribution in [2.75, 3.05) is 25.6 Å². The molecule has 1 N–H and O–H groups in total. The molecule has 1 amide bonds. The van der Waals surface area contributed by atoms with E-state index in [0.717, 1.165) is 38.0 Å². The Hall–Kier alpha value is -0.220. The Bertz CT molecular complexity index is 252. The van der Waals surface area contributed by atoms with Gasteiger partial charge in [-0.2, -0.15) is 11.8 Å². The Kier molecular flexibility index (Phi) is 5.80. The monoisotopic (exact) mass is 258 g/mol. The Labute approximate surface area is 110 Å². The van der Waals surface area contributed by atoms with E-state index in [4.69, 9.17) is 0 Å². The van der Waals surface area contributed by atoms with Gasteiger partial charge >= 0.3 is 0 Å². The first kappa shape index (κ1) is 14.8. The molecular weight excluding hydrogens is 232 g/mol. The van der Waals surface area contributed by atoms with Gasteiger partial charge in [0.2, 0.25) is 5.91 Å². The molecule has 1 saturated heterocycles.